The molecule has 1 N–H and O–H groups in total. The van der Waals surface area contributed by atoms with Crippen molar-refractivity contribution in [2.24, 2.45) is 0 Å². The molecule has 0 aliphatic carbocycles. The molecule has 27 heavy (non-hydrogen) atoms. The fraction of sp³-hybridized carbons (Fsp3) is 0.333. The molecule has 0 radical (unpaired) electrons. The molecule has 1 fully saturated rings. The largest absolute Gasteiger partial charge is 0.465 e. The van der Waals surface area contributed by atoms with Gasteiger partial charge in [0.05, 0.1) is 24.9 Å². The van der Waals surface area contributed by atoms with E-state index in [0.29, 0.717) is 11.0 Å². The minimum absolute atomic E-state index is 0.0442. The molecule has 3 aromatic rings. The van der Waals surface area contributed by atoms with Crippen LogP contribution in [0.15, 0.2) is 30.7 Å². The van der Waals surface area contributed by atoms with Crippen LogP contribution < -0.4 is 10.1 Å². The molecule has 0 atom stereocenters. The van der Waals surface area contributed by atoms with Crippen LogP contribution >= 0.6 is 0 Å². The standard InChI is InChI=1S/C18H18FN5O3/c1-26-18(25)11-2-3-15(14(19)8-11)27-17-13-9-23-24(16(13)21-10-22-17)12-4-6-20-7-5-12/h2-3,8-10,12,20H,4-7H2,1H3. The number of benzene rings is 1. The lowest BCUT2D eigenvalue weighted by Crippen LogP contribution is -2.29. The highest BCUT2D eigenvalue weighted by Gasteiger charge is 2.21. The Morgan fingerprint density at radius 1 is 1.30 bits per heavy atom. The van der Waals surface area contributed by atoms with Gasteiger partial charge in [0.1, 0.15) is 11.7 Å². The van der Waals surface area contributed by atoms with Crippen LogP contribution in [-0.4, -0.2) is 45.9 Å². The molecule has 4 rings (SSSR count). The lowest BCUT2D eigenvalue weighted by molar-refractivity contribution is 0.0600. The topological polar surface area (TPSA) is 91.2 Å². The van der Waals surface area contributed by atoms with Gasteiger partial charge in [-0.2, -0.15) is 5.10 Å². The summed E-state index contributed by atoms with van der Waals surface area (Å²) in [6, 6.07) is 4.12. The van der Waals surface area contributed by atoms with Crippen LogP contribution in [0, 0.1) is 5.82 Å². The molecule has 0 saturated carbocycles. The van der Waals surface area contributed by atoms with Gasteiger partial charge in [-0.1, -0.05) is 0 Å². The van der Waals surface area contributed by atoms with Crippen LogP contribution in [-0.2, 0) is 4.74 Å². The van der Waals surface area contributed by atoms with Gasteiger partial charge in [0.2, 0.25) is 5.88 Å². The van der Waals surface area contributed by atoms with E-state index >= 15 is 0 Å². The summed E-state index contributed by atoms with van der Waals surface area (Å²) in [5, 5.41) is 8.37. The van der Waals surface area contributed by atoms with E-state index in [1.54, 1.807) is 6.20 Å². The Labute approximate surface area is 154 Å². The van der Waals surface area contributed by atoms with Crippen molar-refractivity contribution < 1.29 is 18.7 Å². The molecule has 140 valence electrons. The Morgan fingerprint density at radius 2 is 2.11 bits per heavy atom. The van der Waals surface area contributed by atoms with Crippen LogP contribution in [0.1, 0.15) is 29.2 Å². The van der Waals surface area contributed by atoms with E-state index in [1.807, 2.05) is 4.68 Å². The summed E-state index contributed by atoms with van der Waals surface area (Å²) in [5.74, 6) is -1.13. The van der Waals surface area contributed by atoms with Gasteiger partial charge >= 0.3 is 5.97 Å². The number of esters is 1. The zero-order valence-electron chi connectivity index (χ0n) is 14.7. The van der Waals surface area contributed by atoms with Gasteiger partial charge in [0.15, 0.2) is 17.2 Å². The molecule has 0 spiro atoms. The SMILES string of the molecule is COC(=O)c1ccc(Oc2ncnc3c2cnn3C2CCNCC2)c(F)c1. The predicted octanol–water partition coefficient (Wildman–Crippen LogP) is 2.47. The van der Waals surface area contributed by atoms with Crippen molar-refractivity contribution in [3.63, 3.8) is 0 Å². The van der Waals surface area contributed by atoms with E-state index in [9.17, 15) is 9.18 Å². The highest BCUT2D eigenvalue weighted by Crippen LogP contribution is 2.31. The Hall–Kier alpha value is -3.07. The second kappa shape index (κ2) is 7.28. The number of rotatable bonds is 4. The van der Waals surface area contributed by atoms with Crippen molar-refractivity contribution in [1.29, 1.82) is 0 Å². The average Bonchev–Trinajstić information content (AvgIpc) is 3.14. The quantitative estimate of drug-likeness (QED) is 0.705. The summed E-state index contributed by atoms with van der Waals surface area (Å²) < 4.78 is 26.4. The maximum Gasteiger partial charge on any atom is 0.337 e. The fourth-order valence-electron chi connectivity index (χ4n) is 3.17. The number of fused-ring (bicyclic) bond motifs is 1. The summed E-state index contributed by atoms with van der Waals surface area (Å²) >= 11 is 0. The summed E-state index contributed by atoms with van der Waals surface area (Å²) in [5.41, 5.74) is 0.757. The van der Waals surface area contributed by atoms with Crippen molar-refractivity contribution >= 4 is 17.0 Å². The van der Waals surface area contributed by atoms with Crippen molar-refractivity contribution in [3.8, 4) is 11.6 Å². The molecule has 1 aromatic carbocycles. The number of hydrogen-bond donors (Lipinski definition) is 1. The number of hydrogen-bond acceptors (Lipinski definition) is 7. The Bertz CT molecular complexity index is 984. The first-order valence-electron chi connectivity index (χ1n) is 8.62. The van der Waals surface area contributed by atoms with Gasteiger partial charge in [-0.3, -0.25) is 0 Å². The van der Waals surface area contributed by atoms with Crippen molar-refractivity contribution in [2.45, 2.75) is 18.9 Å². The summed E-state index contributed by atoms with van der Waals surface area (Å²) in [6.07, 6.45) is 4.92. The molecular formula is C18H18FN5O3. The van der Waals surface area contributed by atoms with E-state index in [0.717, 1.165) is 32.0 Å². The Morgan fingerprint density at radius 3 is 2.85 bits per heavy atom. The van der Waals surface area contributed by atoms with Gasteiger partial charge in [-0.15, -0.1) is 0 Å². The first kappa shape index (κ1) is 17.3. The lowest BCUT2D eigenvalue weighted by Gasteiger charge is -2.23. The molecule has 8 nitrogen and oxygen atoms in total. The van der Waals surface area contributed by atoms with Gasteiger partial charge in [0, 0.05) is 0 Å². The summed E-state index contributed by atoms with van der Waals surface area (Å²) in [4.78, 5) is 19.9. The summed E-state index contributed by atoms with van der Waals surface area (Å²) in [7, 11) is 1.24. The number of halogens is 1. The second-order valence-electron chi connectivity index (χ2n) is 6.23. The van der Waals surface area contributed by atoms with Gasteiger partial charge in [-0.05, 0) is 44.1 Å². The van der Waals surface area contributed by atoms with Crippen LogP contribution in [0.25, 0.3) is 11.0 Å². The Balaban J connectivity index is 1.65. The van der Waals surface area contributed by atoms with Crippen LogP contribution in [0.3, 0.4) is 0 Å². The highest BCUT2D eigenvalue weighted by molar-refractivity contribution is 5.89. The Kier molecular flexibility index (Phi) is 4.68. The number of methoxy groups -OCH3 is 1. The molecule has 1 saturated heterocycles. The minimum atomic E-state index is -0.685. The van der Waals surface area contributed by atoms with Crippen LogP contribution in [0.5, 0.6) is 11.6 Å². The van der Waals surface area contributed by atoms with Crippen molar-refractivity contribution in [3.05, 3.63) is 42.1 Å². The number of carbonyl (C=O) groups is 1. The van der Waals surface area contributed by atoms with Crippen LogP contribution in [0.2, 0.25) is 0 Å². The minimum Gasteiger partial charge on any atom is -0.465 e. The zero-order valence-corrected chi connectivity index (χ0v) is 14.7. The number of ether oxygens (including phenoxy) is 2. The molecule has 1 aliphatic heterocycles. The molecule has 0 bridgehead atoms. The molecule has 9 heteroatoms. The fourth-order valence-corrected chi connectivity index (χ4v) is 3.17. The maximum absolute atomic E-state index is 14.3. The number of carbonyl (C=O) groups excluding carboxylic acids is 1. The monoisotopic (exact) mass is 371 g/mol. The molecule has 3 heterocycles. The first-order chi connectivity index (χ1) is 13.2. The van der Waals surface area contributed by atoms with Crippen molar-refractivity contribution in [2.75, 3.05) is 20.2 Å². The number of nitrogens with zero attached hydrogens (tertiary/aromatic N) is 4. The zero-order chi connectivity index (χ0) is 18.8. The van der Waals surface area contributed by atoms with E-state index < -0.39 is 11.8 Å². The lowest BCUT2D eigenvalue weighted by atomic mass is 10.1. The molecule has 1 aliphatic rings. The van der Waals surface area contributed by atoms with Crippen molar-refractivity contribution in [1.82, 2.24) is 25.1 Å². The van der Waals surface area contributed by atoms with E-state index in [4.69, 9.17) is 4.74 Å². The number of aromatic nitrogens is 4. The van der Waals surface area contributed by atoms with E-state index in [-0.39, 0.29) is 23.2 Å². The number of piperidine rings is 1. The summed E-state index contributed by atoms with van der Waals surface area (Å²) in [6.45, 7) is 1.86. The van der Waals surface area contributed by atoms with Gasteiger partial charge < -0.3 is 14.8 Å². The third kappa shape index (κ3) is 3.33. The highest BCUT2D eigenvalue weighted by atomic mass is 19.1. The van der Waals surface area contributed by atoms with E-state index in [1.165, 1.54) is 25.6 Å². The molecule has 2 aromatic heterocycles. The third-order valence-electron chi connectivity index (χ3n) is 4.57. The normalized spacial score (nSPS) is 15.0. The first-order valence-corrected chi connectivity index (χ1v) is 8.62. The molecule has 0 unspecified atom stereocenters. The van der Waals surface area contributed by atoms with Gasteiger partial charge in [-0.25, -0.2) is 23.8 Å². The second-order valence-corrected chi connectivity index (χ2v) is 6.23. The van der Waals surface area contributed by atoms with E-state index in [2.05, 4.69) is 25.1 Å². The molecular weight excluding hydrogens is 353 g/mol. The van der Waals surface area contributed by atoms with Gasteiger partial charge in [0.25, 0.3) is 0 Å². The molecule has 0 amide bonds. The average molecular weight is 371 g/mol. The third-order valence-corrected chi connectivity index (χ3v) is 4.57. The number of nitrogens with one attached hydrogen (secondary N) is 1. The predicted molar refractivity (Wildman–Crippen MR) is 94.3 cm³/mol. The van der Waals surface area contributed by atoms with Crippen LogP contribution in [0.4, 0.5) is 4.39 Å². The smallest absolute Gasteiger partial charge is 0.337 e. The maximum atomic E-state index is 14.3.